The summed E-state index contributed by atoms with van der Waals surface area (Å²) in [6, 6.07) is 3.16. The van der Waals surface area contributed by atoms with Gasteiger partial charge in [-0.05, 0) is 55.2 Å². The molecule has 0 saturated carbocycles. The van der Waals surface area contributed by atoms with Crippen molar-refractivity contribution in [2.45, 2.75) is 50.9 Å². The van der Waals surface area contributed by atoms with Gasteiger partial charge < -0.3 is 5.32 Å². The van der Waals surface area contributed by atoms with Gasteiger partial charge in [0.15, 0.2) is 0 Å². The van der Waals surface area contributed by atoms with E-state index in [9.17, 15) is 39.5 Å². The lowest BCUT2D eigenvalue weighted by Gasteiger charge is -2.19. The molecule has 2 aromatic rings. The van der Waals surface area contributed by atoms with E-state index in [1.54, 1.807) is 0 Å². The average molecular weight is 540 g/mol. The molecule has 0 amide bonds. The maximum atomic E-state index is 13.3. The van der Waals surface area contributed by atoms with Crippen LogP contribution in [0, 0.1) is 6.92 Å². The first-order valence-corrected chi connectivity index (χ1v) is 11.0. The number of hydrogen-bond acceptors (Lipinski definition) is 4. The van der Waals surface area contributed by atoms with Crippen LogP contribution in [0.2, 0.25) is 0 Å². The number of anilines is 1. The van der Waals surface area contributed by atoms with Gasteiger partial charge in [-0.1, -0.05) is 6.07 Å². The molecule has 37 heavy (non-hydrogen) atoms. The molecule has 1 atom stereocenters. The lowest BCUT2D eigenvalue weighted by molar-refractivity contribution is -0.143. The van der Waals surface area contributed by atoms with E-state index in [4.69, 9.17) is 0 Å². The molecule has 1 unspecified atom stereocenters. The van der Waals surface area contributed by atoms with E-state index in [1.807, 2.05) is 0 Å². The minimum Gasteiger partial charge on any atom is -0.385 e. The van der Waals surface area contributed by atoms with Gasteiger partial charge in [-0.25, -0.2) is 4.99 Å². The smallest absolute Gasteiger partial charge is 0.385 e. The van der Waals surface area contributed by atoms with E-state index in [0.717, 1.165) is 11.2 Å². The van der Waals surface area contributed by atoms with Crippen molar-refractivity contribution in [3.05, 3.63) is 63.7 Å². The number of aliphatic imine (C=N–C) groups is 1. The van der Waals surface area contributed by atoms with E-state index in [2.05, 4.69) is 26.7 Å². The number of fused-ring (bicyclic) bond motifs is 1. The molecule has 4 rings (SSSR count). The highest BCUT2D eigenvalue weighted by molar-refractivity contribution is 5.80. The van der Waals surface area contributed by atoms with E-state index < -0.39 is 47.8 Å². The van der Waals surface area contributed by atoms with E-state index in [1.165, 1.54) is 13.0 Å². The molecular weight excluding hydrogens is 519 g/mol. The first kappa shape index (κ1) is 26.9. The summed E-state index contributed by atoms with van der Waals surface area (Å²) in [4.78, 5) is 4.48. The van der Waals surface area contributed by atoms with Crippen LogP contribution in [0.25, 0.3) is 0 Å². The Morgan fingerprint density at radius 2 is 1.54 bits per heavy atom. The predicted molar refractivity (Wildman–Crippen MR) is 115 cm³/mol. The molecule has 4 N–H and O–H groups in total. The van der Waals surface area contributed by atoms with Crippen LogP contribution in [0.5, 0.6) is 0 Å². The number of halogens is 9. The van der Waals surface area contributed by atoms with Crippen molar-refractivity contribution in [3.63, 3.8) is 0 Å². The molecule has 0 aliphatic carbocycles. The standard InChI is InChI=1S/C22H21F9N6/c1-11-5-15-17(3-2-4-32-18(15)9-16(11)22(29,30)31)33-19-34-36-37(35-19)10-12-6-13(20(23,24)25)8-14(7-12)21(26,27)28/h5-9,17,32,36H,2-4,10H2,1H3,(H2,33,34,35). The Morgan fingerprint density at radius 3 is 2.14 bits per heavy atom. The van der Waals surface area contributed by atoms with Crippen molar-refractivity contribution in [1.82, 2.24) is 21.5 Å². The number of hydrogen-bond donors (Lipinski definition) is 4. The van der Waals surface area contributed by atoms with Gasteiger partial charge in [0, 0.05) is 17.8 Å². The maximum absolute atomic E-state index is 13.3. The van der Waals surface area contributed by atoms with Gasteiger partial charge in [0.1, 0.15) is 0 Å². The highest BCUT2D eigenvalue weighted by atomic mass is 19.4. The first-order valence-electron chi connectivity index (χ1n) is 11.0. The van der Waals surface area contributed by atoms with Crippen molar-refractivity contribution in [3.8, 4) is 0 Å². The third-order valence-corrected chi connectivity index (χ3v) is 5.85. The molecule has 2 aliphatic heterocycles. The summed E-state index contributed by atoms with van der Waals surface area (Å²) in [6.07, 6.45) is -13.4. The normalized spacial score (nSPS) is 20.2. The molecule has 0 spiro atoms. The highest BCUT2D eigenvalue weighted by Gasteiger charge is 2.37. The predicted octanol–water partition coefficient (Wildman–Crippen LogP) is 5.68. The average Bonchev–Trinajstić information content (AvgIpc) is 3.11. The summed E-state index contributed by atoms with van der Waals surface area (Å²) in [7, 11) is 0. The number of nitrogens with one attached hydrogen (secondary N) is 4. The lowest BCUT2D eigenvalue weighted by Crippen LogP contribution is -2.39. The van der Waals surface area contributed by atoms with Gasteiger partial charge in [0.25, 0.3) is 0 Å². The van der Waals surface area contributed by atoms with Crippen molar-refractivity contribution in [2.24, 2.45) is 4.99 Å². The van der Waals surface area contributed by atoms with Gasteiger partial charge >= 0.3 is 18.5 Å². The Morgan fingerprint density at radius 1 is 0.892 bits per heavy atom. The molecule has 2 aromatic carbocycles. The highest BCUT2D eigenvalue weighted by Crippen LogP contribution is 2.40. The van der Waals surface area contributed by atoms with Gasteiger partial charge in [0.2, 0.25) is 5.96 Å². The largest absolute Gasteiger partial charge is 0.416 e. The fourth-order valence-corrected chi connectivity index (χ4v) is 4.17. The number of alkyl halides is 9. The van der Waals surface area contributed by atoms with Crippen LogP contribution in [-0.4, -0.2) is 17.6 Å². The van der Waals surface area contributed by atoms with Crippen molar-refractivity contribution in [1.29, 1.82) is 0 Å². The molecule has 15 heteroatoms. The third kappa shape index (κ3) is 6.21. The first-order chi connectivity index (χ1) is 17.1. The fraction of sp³-hybridized carbons (Fsp3) is 0.409. The second-order valence-corrected chi connectivity index (χ2v) is 8.66. The minimum atomic E-state index is -4.97. The van der Waals surface area contributed by atoms with Crippen molar-refractivity contribution >= 4 is 11.6 Å². The van der Waals surface area contributed by atoms with Gasteiger partial charge in [-0.3, -0.25) is 10.9 Å². The van der Waals surface area contributed by atoms with Crippen LogP contribution < -0.4 is 21.7 Å². The SMILES string of the molecule is Cc1cc2c(cc1C(F)(F)F)NCCCC2N=C1NNN(Cc2cc(C(F)(F)F)cc(C(F)(F)F)c2)N1. The van der Waals surface area contributed by atoms with Crippen molar-refractivity contribution in [2.75, 3.05) is 11.9 Å². The molecule has 0 bridgehead atoms. The van der Waals surface area contributed by atoms with Gasteiger partial charge in [-0.2, -0.15) is 39.5 Å². The van der Waals surface area contributed by atoms with E-state index in [0.29, 0.717) is 37.1 Å². The molecule has 202 valence electrons. The van der Waals surface area contributed by atoms with Crippen LogP contribution in [0.4, 0.5) is 45.2 Å². The zero-order chi connectivity index (χ0) is 27.2. The fourth-order valence-electron chi connectivity index (χ4n) is 4.17. The van der Waals surface area contributed by atoms with Crippen LogP contribution in [0.1, 0.15) is 52.3 Å². The summed E-state index contributed by atoms with van der Waals surface area (Å²) < 4.78 is 119. The molecule has 2 heterocycles. The lowest BCUT2D eigenvalue weighted by atomic mass is 9.96. The Bertz CT molecular complexity index is 1150. The van der Waals surface area contributed by atoms with Gasteiger partial charge in [0.05, 0.1) is 29.3 Å². The molecular formula is C22H21F9N6. The Balaban J connectivity index is 1.55. The number of nitrogens with zero attached hydrogens (tertiary/aromatic N) is 2. The summed E-state index contributed by atoms with van der Waals surface area (Å²) in [5, 5.41) is 4.08. The number of benzene rings is 2. The molecule has 0 aromatic heterocycles. The van der Waals surface area contributed by atoms with Crippen LogP contribution >= 0.6 is 0 Å². The van der Waals surface area contributed by atoms with Crippen LogP contribution in [0.3, 0.4) is 0 Å². The second-order valence-electron chi connectivity index (χ2n) is 8.66. The third-order valence-electron chi connectivity index (χ3n) is 5.85. The monoisotopic (exact) mass is 540 g/mol. The molecule has 6 nitrogen and oxygen atoms in total. The quantitative estimate of drug-likeness (QED) is 0.378. The molecule has 1 fully saturated rings. The summed E-state index contributed by atoms with van der Waals surface area (Å²) in [5.41, 5.74) is 4.83. The molecule has 1 saturated heterocycles. The number of rotatable bonds is 3. The summed E-state index contributed by atoms with van der Waals surface area (Å²) in [5.74, 6) is 0.0958. The number of hydrazine groups is 3. The van der Waals surface area contributed by atoms with E-state index >= 15 is 0 Å². The van der Waals surface area contributed by atoms with Crippen LogP contribution in [-0.2, 0) is 25.1 Å². The Hall–Kier alpha value is -3.20. The maximum Gasteiger partial charge on any atom is 0.416 e. The zero-order valence-electron chi connectivity index (χ0n) is 19.1. The zero-order valence-corrected chi connectivity index (χ0v) is 19.1. The summed E-state index contributed by atoms with van der Waals surface area (Å²) in [6.45, 7) is 1.37. The van der Waals surface area contributed by atoms with E-state index in [-0.39, 0.29) is 28.8 Å². The van der Waals surface area contributed by atoms with Gasteiger partial charge in [-0.15, -0.1) is 10.7 Å². The number of guanidine groups is 1. The number of aryl methyl sites for hydroxylation is 1. The summed E-state index contributed by atoms with van der Waals surface area (Å²) >= 11 is 0. The Kier molecular flexibility index (Phi) is 6.96. The topological polar surface area (TPSA) is 63.7 Å². The molecule has 0 radical (unpaired) electrons. The van der Waals surface area contributed by atoms with Crippen LogP contribution in [0.15, 0.2) is 35.3 Å². The minimum absolute atomic E-state index is 0.0252. The molecule has 2 aliphatic rings. The Labute approximate surface area is 204 Å². The van der Waals surface area contributed by atoms with Crippen molar-refractivity contribution < 1.29 is 39.5 Å². The second kappa shape index (κ2) is 9.59.